The Morgan fingerprint density at radius 3 is 2.75 bits per heavy atom. The van der Waals surface area contributed by atoms with E-state index in [0.29, 0.717) is 18.3 Å². The van der Waals surface area contributed by atoms with E-state index in [1.54, 1.807) is 6.33 Å². The van der Waals surface area contributed by atoms with Crippen molar-refractivity contribution in [2.24, 2.45) is 5.92 Å². The Morgan fingerprint density at radius 1 is 1.28 bits per heavy atom. The van der Waals surface area contributed by atoms with Gasteiger partial charge in [0.05, 0.1) is 19.1 Å². The van der Waals surface area contributed by atoms with Gasteiger partial charge in [-0.2, -0.15) is 9.51 Å². The van der Waals surface area contributed by atoms with Crippen LogP contribution in [-0.2, 0) is 14.1 Å². The van der Waals surface area contributed by atoms with E-state index in [4.69, 9.17) is 19.5 Å². The van der Waals surface area contributed by atoms with Crippen LogP contribution in [0.5, 0.6) is 5.75 Å². The number of nitrogens with zero attached hydrogens (tertiary/aromatic N) is 4. The van der Waals surface area contributed by atoms with Gasteiger partial charge in [0.1, 0.15) is 25.3 Å². The monoisotopic (exact) mass is 459 g/mol. The molecule has 4 rings (SSSR count). The van der Waals surface area contributed by atoms with Crippen molar-refractivity contribution in [3.05, 3.63) is 42.4 Å². The number of benzene rings is 1. The molecule has 0 radical (unpaired) electrons. The third-order valence-electron chi connectivity index (χ3n) is 5.53. The molecule has 1 fully saturated rings. The second kappa shape index (κ2) is 9.36. The standard InChI is InChI=1S/C21H28N6O4P/c1-14-19-20(26-21(22)25-14)27(13-23-19)16-9-15(10-16)12-30-32(3,24-11-18(28)29-2)31-17-7-5-4-6-8-17/h4-8,13,15-16,24H,9-12H2,1-3H3,(H2,22,25,26)/q+1. The number of nitrogen functional groups attached to an aromatic ring is 1. The van der Waals surface area contributed by atoms with Crippen LogP contribution >= 0.6 is 7.87 Å². The summed E-state index contributed by atoms with van der Waals surface area (Å²) in [5.41, 5.74) is 8.15. The summed E-state index contributed by atoms with van der Waals surface area (Å²) in [6, 6.07) is 9.71. The number of carbonyl (C=O) groups excluding carboxylic acids is 1. The zero-order chi connectivity index (χ0) is 22.7. The minimum atomic E-state index is -2.53. The predicted octanol–water partition coefficient (Wildman–Crippen LogP) is 2.92. The van der Waals surface area contributed by atoms with Gasteiger partial charge in [-0.1, -0.05) is 18.2 Å². The van der Waals surface area contributed by atoms with Crippen molar-refractivity contribution in [2.75, 3.05) is 32.7 Å². The number of carbonyl (C=O) groups is 1. The maximum Gasteiger partial charge on any atom is 0.390 e. The minimum absolute atomic E-state index is 0.0163. The van der Waals surface area contributed by atoms with E-state index >= 15 is 0 Å². The molecule has 170 valence electrons. The van der Waals surface area contributed by atoms with Gasteiger partial charge < -0.3 is 19.6 Å². The highest BCUT2D eigenvalue weighted by Gasteiger charge is 2.42. The number of aromatic nitrogens is 4. The fourth-order valence-corrected chi connectivity index (χ4v) is 5.37. The number of para-hydroxylation sites is 1. The number of ether oxygens (including phenoxy) is 1. The molecule has 10 nitrogen and oxygen atoms in total. The molecule has 1 atom stereocenters. The second-order valence-corrected chi connectivity index (χ2v) is 10.4. The van der Waals surface area contributed by atoms with Crippen molar-refractivity contribution in [3.8, 4) is 5.75 Å². The fourth-order valence-electron chi connectivity index (χ4n) is 3.72. The van der Waals surface area contributed by atoms with Gasteiger partial charge in [0.2, 0.25) is 5.95 Å². The van der Waals surface area contributed by atoms with E-state index in [1.807, 2.05) is 43.9 Å². The first-order valence-electron chi connectivity index (χ1n) is 10.4. The van der Waals surface area contributed by atoms with Crippen molar-refractivity contribution in [1.29, 1.82) is 0 Å². The number of fused-ring (bicyclic) bond motifs is 1. The topological polar surface area (TPSA) is 126 Å². The number of anilines is 1. The molecule has 3 N–H and O–H groups in total. The van der Waals surface area contributed by atoms with Crippen molar-refractivity contribution in [3.63, 3.8) is 0 Å². The lowest BCUT2D eigenvalue weighted by molar-refractivity contribution is -0.139. The molecule has 1 aliphatic rings. The number of aryl methyl sites for hydroxylation is 1. The number of imidazole rings is 1. The number of methoxy groups -OCH3 is 1. The normalized spacial score (nSPS) is 19.8. The van der Waals surface area contributed by atoms with Crippen LogP contribution in [0.4, 0.5) is 5.95 Å². The van der Waals surface area contributed by atoms with Gasteiger partial charge in [0.25, 0.3) is 0 Å². The Morgan fingerprint density at radius 2 is 2.03 bits per heavy atom. The van der Waals surface area contributed by atoms with Gasteiger partial charge in [-0.25, -0.2) is 9.97 Å². The van der Waals surface area contributed by atoms with Gasteiger partial charge in [0, 0.05) is 6.04 Å². The average molecular weight is 459 g/mol. The number of hydrogen-bond acceptors (Lipinski definition) is 9. The summed E-state index contributed by atoms with van der Waals surface area (Å²) in [5, 5.41) is 3.12. The Balaban J connectivity index is 1.37. The third-order valence-corrected chi connectivity index (χ3v) is 7.47. The Kier molecular flexibility index (Phi) is 6.55. The lowest BCUT2D eigenvalue weighted by Crippen LogP contribution is -2.33. The van der Waals surface area contributed by atoms with Gasteiger partial charge in [-0.15, -0.1) is 5.09 Å². The lowest BCUT2D eigenvalue weighted by atomic mass is 9.81. The second-order valence-electron chi connectivity index (χ2n) is 7.94. The number of hydrogen-bond donors (Lipinski definition) is 2. The molecule has 1 aliphatic carbocycles. The van der Waals surface area contributed by atoms with Crippen LogP contribution in [0, 0.1) is 12.8 Å². The molecule has 11 heteroatoms. The molecule has 1 saturated carbocycles. The lowest BCUT2D eigenvalue weighted by Gasteiger charge is -2.36. The van der Waals surface area contributed by atoms with Crippen LogP contribution < -0.4 is 15.3 Å². The quantitative estimate of drug-likeness (QED) is 0.367. The number of nitrogens with one attached hydrogen (secondary N) is 1. The molecule has 0 bridgehead atoms. The fraction of sp³-hybridized carbons (Fsp3) is 0.429. The summed E-state index contributed by atoms with van der Waals surface area (Å²) in [5.74, 6) is 0.927. The molecule has 2 aromatic heterocycles. The molecule has 0 saturated heterocycles. The van der Waals surface area contributed by atoms with Crippen molar-refractivity contribution in [2.45, 2.75) is 25.8 Å². The third kappa shape index (κ3) is 4.98. The first-order valence-corrected chi connectivity index (χ1v) is 12.5. The van der Waals surface area contributed by atoms with Crippen molar-refractivity contribution < 1.29 is 18.6 Å². The molecule has 0 aliphatic heterocycles. The maximum atomic E-state index is 11.6. The van der Waals surface area contributed by atoms with Crippen molar-refractivity contribution in [1.82, 2.24) is 24.6 Å². The summed E-state index contributed by atoms with van der Waals surface area (Å²) in [4.78, 5) is 24.6. The van der Waals surface area contributed by atoms with Gasteiger partial charge in [-0.3, -0.25) is 4.79 Å². The minimum Gasteiger partial charge on any atom is -0.468 e. The molecular formula is C21H28N6O4P+. The molecule has 32 heavy (non-hydrogen) atoms. The highest BCUT2D eigenvalue weighted by atomic mass is 31.2. The molecule has 0 amide bonds. The highest BCUT2D eigenvalue weighted by molar-refractivity contribution is 7.64. The molecule has 0 spiro atoms. The Bertz CT molecular complexity index is 1090. The first-order chi connectivity index (χ1) is 15.4. The van der Waals surface area contributed by atoms with E-state index in [2.05, 4.69) is 24.6 Å². The summed E-state index contributed by atoms with van der Waals surface area (Å²) in [6.45, 7) is 4.28. The van der Waals surface area contributed by atoms with E-state index in [0.717, 1.165) is 29.7 Å². The van der Waals surface area contributed by atoms with E-state index in [1.165, 1.54) is 7.11 Å². The number of esters is 1. The van der Waals surface area contributed by atoms with Crippen LogP contribution in [0.1, 0.15) is 24.6 Å². The maximum absolute atomic E-state index is 11.6. The van der Waals surface area contributed by atoms with Gasteiger partial charge in [-0.05, 0) is 37.8 Å². The SMILES string of the molecule is COC(=O)CN[P+](C)(OCC1CC(n2cnc3c(C)nc(N)nc32)C1)Oc1ccccc1. The van der Waals surface area contributed by atoms with E-state index < -0.39 is 7.87 Å². The predicted molar refractivity (Wildman–Crippen MR) is 122 cm³/mol. The summed E-state index contributed by atoms with van der Waals surface area (Å²) >= 11 is 0. The van der Waals surface area contributed by atoms with Gasteiger partial charge in [0.15, 0.2) is 11.4 Å². The number of nitrogens with two attached hydrogens (primary N) is 1. The highest BCUT2D eigenvalue weighted by Crippen LogP contribution is 2.54. The summed E-state index contributed by atoms with van der Waals surface area (Å²) in [7, 11) is -1.18. The summed E-state index contributed by atoms with van der Waals surface area (Å²) in [6.07, 6.45) is 3.66. The molecule has 2 heterocycles. The molecule has 1 unspecified atom stereocenters. The van der Waals surface area contributed by atoms with Crippen molar-refractivity contribution >= 4 is 30.9 Å². The van der Waals surface area contributed by atoms with E-state index in [-0.39, 0.29) is 24.5 Å². The largest absolute Gasteiger partial charge is 0.468 e. The van der Waals surface area contributed by atoms with Gasteiger partial charge >= 0.3 is 13.8 Å². The molecule has 3 aromatic rings. The average Bonchev–Trinajstić information content (AvgIpc) is 3.15. The summed E-state index contributed by atoms with van der Waals surface area (Å²) < 4.78 is 19.2. The smallest absolute Gasteiger partial charge is 0.390 e. The van der Waals surface area contributed by atoms with E-state index in [9.17, 15) is 4.79 Å². The molecule has 1 aromatic carbocycles. The van der Waals surface area contributed by atoms with Crippen LogP contribution in [0.15, 0.2) is 36.7 Å². The zero-order valence-electron chi connectivity index (χ0n) is 18.4. The zero-order valence-corrected chi connectivity index (χ0v) is 19.3. The Labute approximate surface area is 187 Å². The van der Waals surface area contributed by atoms with Crippen LogP contribution in [0.25, 0.3) is 11.2 Å². The van der Waals surface area contributed by atoms with Crippen LogP contribution in [0.3, 0.4) is 0 Å². The van der Waals surface area contributed by atoms with Crippen LogP contribution in [-0.4, -0.2) is 52.4 Å². The molecular weight excluding hydrogens is 431 g/mol. The first kappa shape index (κ1) is 22.4. The van der Waals surface area contributed by atoms with Crippen LogP contribution in [0.2, 0.25) is 0 Å². The Hall–Kier alpha value is -2.81. The number of rotatable bonds is 9.